The van der Waals surface area contributed by atoms with Gasteiger partial charge in [0.15, 0.2) is 5.13 Å². The van der Waals surface area contributed by atoms with E-state index in [2.05, 4.69) is 16.8 Å². The standard InChI is InChI=1S/C13H20N2O2S/c1-3-9-7-5-6-8-15(9)13-14-10(4-2)11(18-13)12(16)17/h9H,3-8H2,1-2H3,(H,16,17). The summed E-state index contributed by atoms with van der Waals surface area (Å²) >= 11 is 1.33. The molecule has 18 heavy (non-hydrogen) atoms. The van der Waals surface area contributed by atoms with E-state index < -0.39 is 5.97 Å². The van der Waals surface area contributed by atoms with Gasteiger partial charge < -0.3 is 10.0 Å². The summed E-state index contributed by atoms with van der Waals surface area (Å²) in [5, 5.41) is 10.1. The summed E-state index contributed by atoms with van der Waals surface area (Å²) in [6.07, 6.45) is 5.43. The first-order valence-corrected chi connectivity index (χ1v) is 7.48. The molecule has 1 unspecified atom stereocenters. The van der Waals surface area contributed by atoms with Crippen molar-refractivity contribution < 1.29 is 9.90 Å². The summed E-state index contributed by atoms with van der Waals surface area (Å²) in [6, 6.07) is 0.524. The van der Waals surface area contributed by atoms with Crippen LogP contribution >= 0.6 is 11.3 Å². The maximum atomic E-state index is 11.2. The van der Waals surface area contributed by atoms with E-state index in [4.69, 9.17) is 0 Å². The zero-order valence-electron chi connectivity index (χ0n) is 11.0. The number of aromatic nitrogens is 1. The molecule has 1 aliphatic heterocycles. The minimum Gasteiger partial charge on any atom is -0.477 e. The van der Waals surface area contributed by atoms with Gasteiger partial charge in [0, 0.05) is 12.6 Å². The third kappa shape index (κ3) is 2.51. The van der Waals surface area contributed by atoms with E-state index >= 15 is 0 Å². The van der Waals surface area contributed by atoms with Crippen LogP contribution in [-0.2, 0) is 6.42 Å². The molecule has 100 valence electrons. The number of piperidine rings is 1. The molecule has 2 rings (SSSR count). The lowest BCUT2D eigenvalue weighted by atomic mass is 10.0. The van der Waals surface area contributed by atoms with Gasteiger partial charge in [0.25, 0.3) is 0 Å². The van der Waals surface area contributed by atoms with Gasteiger partial charge in [-0.1, -0.05) is 25.2 Å². The third-order valence-electron chi connectivity index (χ3n) is 3.56. The quantitative estimate of drug-likeness (QED) is 0.911. The van der Waals surface area contributed by atoms with Crippen molar-refractivity contribution >= 4 is 22.4 Å². The lowest BCUT2D eigenvalue weighted by Gasteiger charge is -2.34. The molecule has 0 radical (unpaired) electrons. The monoisotopic (exact) mass is 268 g/mol. The highest BCUT2D eigenvalue weighted by Gasteiger charge is 2.26. The van der Waals surface area contributed by atoms with E-state index in [9.17, 15) is 9.90 Å². The Morgan fingerprint density at radius 1 is 1.50 bits per heavy atom. The zero-order valence-corrected chi connectivity index (χ0v) is 11.8. The van der Waals surface area contributed by atoms with Crippen LogP contribution in [0.4, 0.5) is 5.13 Å². The van der Waals surface area contributed by atoms with Gasteiger partial charge in [0.05, 0.1) is 5.69 Å². The average molecular weight is 268 g/mol. The third-order valence-corrected chi connectivity index (χ3v) is 4.68. The number of aryl methyl sites for hydroxylation is 1. The maximum Gasteiger partial charge on any atom is 0.347 e. The lowest BCUT2D eigenvalue weighted by molar-refractivity contribution is 0.0701. The van der Waals surface area contributed by atoms with Gasteiger partial charge in [-0.05, 0) is 32.1 Å². The number of carboxylic acids is 1. The average Bonchev–Trinajstić information content (AvgIpc) is 2.82. The molecule has 1 aromatic heterocycles. The van der Waals surface area contributed by atoms with Crippen LogP contribution in [0.15, 0.2) is 0 Å². The van der Waals surface area contributed by atoms with Gasteiger partial charge in [-0.15, -0.1) is 0 Å². The van der Waals surface area contributed by atoms with Crippen molar-refractivity contribution in [2.24, 2.45) is 0 Å². The van der Waals surface area contributed by atoms with Crippen LogP contribution in [0.2, 0.25) is 0 Å². The van der Waals surface area contributed by atoms with Crippen LogP contribution in [0.1, 0.15) is 54.9 Å². The second-order valence-corrected chi connectivity index (χ2v) is 5.66. The molecule has 0 aromatic carbocycles. The number of anilines is 1. The molecule has 0 amide bonds. The molecule has 0 aliphatic carbocycles. The van der Waals surface area contributed by atoms with E-state index in [0.717, 1.165) is 23.8 Å². The second-order valence-electron chi connectivity index (χ2n) is 4.68. The molecule has 1 fully saturated rings. The van der Waals surface area contributed by atoms with E-state index in [-0.39, 0.29) is 0 Å². The fraction of sp³-hybridized carbons (Fsp3) is 0.692. The van der Waals surface area contributed by atoms with Crippen molar-refractivity contribution in [3.8, 4) is 0 Å². The Hall–Kier alpha value is -1.10. The van der Waals surface area contributed by atoms with Gasteiger partial charge >= 0.3 is 5.97 Å². The first-order valence-electron chi connectivity index (χ1n) is 6.67. The van der Waals surface area contributed by atoms with Gasteiger partial charge in [0.2, 0.25) is 0 Å². The Labute approximate surface area is 112 Å². The molecule has 0 spiro atoms. The number of thiazole rings is 1. The molecule has 1 aromatic rings. The highest BCUT2D eigenvalue weighted by Crippen LogP contribution is 2.32. The highest BCUT2D eigenvalue weighted by molar-refractivity contribution is 7.17. The smallest absolute Gasteiger partial charge is 0.347 e. The predicted octanol–water partition coefficient (Wildman–Crippen LogP) is 3.17. The topological polar surface area (TPSA) is 53.4 Å². The minimum atomic E-state index is -0.847. The molecule has 1 aliphatic rings. The van der Waals surface area contributed by atoms with Crippen LogP contribution in [0.3, 0.4) is 0 Å². The Kier molecular flexibility index (Phi) is 4.22. The molecule has 1 saturated heterocycles. The van der Waals surface area contributed by atoms with E-state index in [1.54, 1.807) is 0 Å². The Bertz CT molecular complexity index is 431. The van der Waals surface area contributed by atoms with Crippen molar-refractivity contribution in [2.75, 3.05) is 11.4 Å². The second kappa shape index (κ2) is 5.69. The summed E-state index contributed by atoms with van der Waals surface area (Å²) in [6.45, 7) is 5.16. The summed E-state index contributed by atoms with van der Waals surface area (Å²) in [7, 11) is 0. The number of carboxylic acid groups (broad SMARTS) is 1. The number of rotatable bonds is 4. The van der Waals surface area contributed by atoms with Gasteiger partial charge in [-0.2, -0.15) is 0 Å². The molecule has 1 atom stereocenters. The van der Waals surface area contributed by atoms with Gasteiger partial charge in [-0.3, -0.25) is 0 Å². The fourth-order valence-corrected chi connectivity index (χ4v) is 3.64. The van der Waals surface area contributed by atoms with Crippen LogP contribution in [-0.4, -0.2) is 28.6 Å². The maximum absolute atomic E-state index is 11.2. The first kappa shape index (κ1) is 13.3. The van der Waals surface area contributed by atoms with Crippen molar-refractivity contribution in [3.05, 3.63) is 10.6 Å². The highest BCUT2D eigenvalue weighted by atomic mass is 32.1. The molecule has 5 heteroatoms. The number of hydrogen-bond acceptors (Lipinski definition) is 4. The molecule has 1 N–H and O–H groups in total. The zero-order chi connectivity index (χ0) is 13.1. The molecule has 2 heterocycles. The Morgan fingerprint density at radius 2 is 2.28 bits per heavy atom. The van der Waals surface area contributed by atoms with Crippen LogP contribution in [0.5, 0.6) is 0 Å². The SMILES string of the molecule is CCc1nc(N2CCCCC2CC)sc1C(=O)O. The van der Waals surface area contributed by atoms with Gasteiger partial charge in [0.1, 0.15) is 4.88 Å². The molecule has 0 bridgehead atoms. The lowest BCUT2D eigenvalue weighted by Crippen LogP contribution is -2.39. The summed E-state index contributed by atoms with van der Waals surface area (Å²) in [5.74, 6) is -0.847. The van der Waals surface area contributed by atoms with Crippen molar-refractivity contribution in [1.82, 2.24) is 4.98 Å². The van der Waals surface area contributed by atoms with Crippen molar-refractivity contribution in [3.63, 3.8) is 0 Å². The van der Waals surface area contributed by atoms with E-state index in [1.165, 1.54) is 30.6 Å². The Morgan fingerprint density at radius 3 is 2.83 bits per heavy atom. The van der Waals surface area contributed by atoms with Crippen LogP contribution in [0.25, 0.3) is 0 Å². The Balaban J connectivity index is 2.29. The normalized spacial score (nSPS) is 20.1. The van der Waals surface area contributed by atoms with Crippen molar-refractivity contribution in [1.29, 1.82) is 0 Å². The van der Waals surface area contributed by atoms with Crippen LogP contribution < -0.4 is 4.90 Å². The first-order chi connectivity index (χ1) is 8.67. The fourth-order valence-electron chi connectivity index (χ4n) is 2.55. The largest absolute Gasteiger partial charge is 0.477 e. The molecule has 4 nitrogen and oxygen atoms in total. The van der Waals surface area contributed by atoms with Crippen LogP contribution in [0, 0.1) is 0 Å². The molecule has 0 saturated carbocycles. The minimum absolute atomic E-state index is 0.410. The van der Waals surface area contributed by atoms with Crippen molar-refractivity contribution in [2.45, 2.75) is 52.0 Å². The van der Waals surface area contributed by atoms with Gasteiger partial charge in [-0.25, -0.2) is 9.78 Å². The van der Waals surface area contributed by atoms with E-state index in [1.807, 2.05) is 6.92 Å². The summed E-state index contributed by atoms with van der Waals surface area (Å²) in [4.78, 5) is 18.4. The van der Waals surface area contributed by atoms with E-state index in [0.29, 0.717) is 17.3 Å². The number of hydrogen-bond donors (Lipinski definition) is 1. The summed E-state index contributed by atoms with van der Waals surface area (Å²) in [5.41, 5.74) is 0.725. The molecular weight excluding hydrogens is 248 g/mol. The molecular formula is C13H20N2O2S. The summed E-state index contributed by atoms with van der Waals surface area (Å²) < 4.78 is 0. The predicted molar refractivity (Wildman–Crippen MR) is 73.7 cm³/mol. The number of nitrogens with zero attached hydrogens (tertiary/aromatic N) is 2. The number of aromatic carboxylic acids is 1. The number of carbonyl (C=O) groups is 1.